The van der Waals surface area contributed by atoms with Gasteiger partial charge in [-0.2, -0.15) is 5.10 Å². The predicted octanol–water partition coefficient (Wildman–Crippen LogP) is 3.90. The molecule has 0 saturated carbocycles. The molecule has 3 rings (SSSR count). The van der Waals surface area contributed by atoms with Crippen molar-refractivity contribution in [3.8, 4) is 22.7 Å². The summed E-state index contributed by atoms with van der Waals surface area (Å²) in [7, 11) is 2.51. The van der Waals surface area contributed by atoms with E-state index in [0.29, 0.717) is 29.3 Å². The summed E-state index contributed by atoms with van der Waals surface area (Å²) in [4.78, 5) is 25.1. The van der Waals surface area contributed by atoms with Crippen LogP contribution in [0.4, 0.5) is 0 Å². The third-order valence-corrected chi connectivity index (χ3v) is 4.26. The minimum Gasteiger partial charge on any atom is -0.494 e. The topological polar surface area (TPSA) is 79.7 Å². The fraction of sp³-hybridized carbons (Fsp3) is 0.227. The molecule has 7 heteroatoms. The number of rotatable bonds is 7. The molecule has 0 aliphatic heterocycles. The maximum atomic E-state index is 12.6. The summed E-state index contributed by atoms with van der Waals surface area (Å²) in [6.07, 6.45) is 0.901. The summed E-state index contributed by atoms with van der Waals surface area (Å²) in [5.74, 6) is -0.643. The maximum Gasteiger partial charge on any atom is 0.357 e. The lowest BCUT2D eigenvalue weighted by atomic mass is 10.1. The van der Waals surface area contributed by atoms with Gasteiger partial charge in [0.1, 0.15) is 17.0 Å². The van der Waals surface area contributed by atoms with Crippen LogP contribution in [-0.2, 0) is 9.47 Å². The molecule has 0 radical (unpaired) electrons. The minimum atomic E-state index is -0.684. The van der Waals surface area contributed by atoms with Crippen molar-refractivity contribution in [2.45, 2.75) is 13.3 Å². The molecule has 0 aliphatic rings. The number of benzene rings is 2. The van der Waals surface area contributed by atoms with Crippen molar-refractivity contribution in [1.29, 1.82) is 0 Å². The van der Waals surface area contributed by atoms with Gasteiger partial charge in [-0.3, -0.25) is 0 Å². The van der Waals surface area contributed by atoms with Gasteiger partial charge in [0, 0.05) is 5.56 Å². The number of aromatic nitrogens is 2. The van der Waals surface area contributed by atoms with Crippen molar-refractivity contribution < 1.29 is 23.8 Å². The van der Waals surface area contributed by atoms with Gasteiger partial charge in [0.05, 0.1) is 26.5 Å². The first-order valence-corrected chi connectivity index (χ1v) is 9.19. The largest absolute Gasteiger partial charge is 0.494 e. The number of nitrogens with zero attached hydrogens (tertiary/aromatic N) is 2. The Morgan fingerprint density at radius 3 is 2.17 bits per heavy atom. The fourth-order valence-corrected chi connectivity index (χ4v) is 2.89. The molecule has 1 aromatic heterocycles. The summed E-state index contributed by atoms with van der Waals surface area (Å²) >= 11 is 0. The van der Waals surface area contributed by atoms with Crippen LogP contribution in [0.3, 0.4) is 0 Å². The normalized spacial score (nSPS) is 10.4. The zero-order valence-electron chi connectivity index (χ0n) is 16.5. The Morgan fingerprint density at radius 2 is 1.59 bits per heavy atom. The lowest BCUT2D eigenvalue weighted by Crippen LogP contribution is -2.15. The molecule has 0 aliphatic carbocycles. The van der Waals surface area contributed by atoms with Gasteiger partial charge in [-0.1, -0.05) is 25.1 Å². The zero-order valence-corrected chi connectivity index (χ0v) is 16.5. The van der Waals surface area contributed by atoms with Crippen molar-refractivity contribution in [2.75, 3.05) is 20.8 Å². The van der Waals surface area contributed by atoms with E-state index >= 15 is 0 Å². The number of carbonyl (C=O) groups excluding carboxylic acids is 2. The molecular weight excluding hydrogens is 372 g/mol. The molecule has 2 aromatic carbocycles. The second-order valence-corrected chi connectivity index (χ2v) is 6.18. The van der Waals surface area contributed by atoms with Crippen LogP contribution in [0.25, 0.3) is 16.9 Å². The van der Waals surface area contributed by atoms with Gasteiger partial charge in [0.25, 0.3) is 0 Å². The Labute approximate surface area is 168 Å². The molecule has 0 spiro atoms. The summed E-state index contributed by atoms with van der Waals surface area (Å²) < 4.78 is 16.9. The van der Waals surface area contributed by atoms with E-state index in [4.69, 9.17) is 14.2 Å². The highest BCUT2D eigenvalue weighted by molar-refractivity contribution is 6.06. The van der Waals surface area contributed by atoms with Crippen LogP contribution in [0, 0.1) is 0 Å². The number of para-hydroxylation sites is 1. The molecule has 1 heterocycles. The highest BCUT2D eigenvalue weighted by atomic mass is 16.5. The van der Waals surface area contributed by atoms with Gasteiger partial charge in [-0.15, -0.1) is 0 Å². The van der Waals surface area contributed by atoms with Crippen LogP contribution in [0.2, 0.25) is 0 Å². The number of carbonyl (C=O) groups is 2. The van der Waals surface area contributed by atoms with Gasteiger partial charge >= 0.3 is 11.9 Å². The third-order valence-electron chi connectivity index (χ3n) is 4.26. The second kappa shape index (κ2) is 9.05. The number of hydrogen-bond acceptors (Lipinski definition) is 6. The third kappa shape index (κ3) is 4.13. The van der Waals surface area contributed by atoms with E-state index in [-0.39, 0.29) is 11.3 Å². The highest BCUT2D eigenvalue weighted by Gasteiger charge is 2.31. The van der Waals surface area contributed by atoms with Crippen molar-refractivity contribution in [2.24, 2.45) is 0 Å². The number of methoxy groups -OCH3 is 2. The van der Waals surface area contributed by atoms with E-state index in [1.54, 1.807) is 36.4 Å². The molecular formula is C22H22N2O5. The summed E-state index contributed by atoms with van der Waals surface area (Å²) in [5.41, 5.74) is 1.64. The molecule has 0 bridgehead atoms. The van der Waals surface area contributed by atoms with Crippen molar-refractivity contribution in [3.05, 3.63) is 65.9 Å². The Bertz CT molecular complexity index is 994. The first-order valence-electron chi connectivity index (χ1n) is 9.19. The number of hydrogen-bond donors (Lipinski definition) is 0. The van der Waals surface area contributed by atoms with E-state index in [0.717, 1.165) is 6.42 Å². The van der Waals surface area contributed by atoms with Crippen molar-refractivity contribution in [1.82, 2.24) is 9.78 Å². The fourth-order valence-electron chi connectivity index (χ4n) is 2.89. The van der Waals surface area contributed by atoms with E-state index in [1.165, 1.54) is 18.9 Å². The lowest BCUT2D eigenvalue weighted by molar-refractivity contribution is 0.0549. The Morgan fingerprint density at radius 1 is 0.931 bits per heavy atom. The van der Waals surface area contributed by atoms with Crippen LogP contribution in [0.15, 0.2) is 54.6 Å². The number of esters is 2. The molecule has 3 aromatic rings. The Balaban J connectivity index is 2.19. The minimum absolute atomic E-state index is 0.00635. The monoisotopic (exact) mass is 394 g/mol. The maximum absolute atomic E-state index is 12.6. The van der Waals surface area contributed by atoms with Crippen LogP contribution < -0.4 is 4.74 Å². The SMILES string of the molecule is CCCOc1ccc(-c2nn(-c3ccccc3)c(C(=O)OC)c2C(=O)OC)cc1. The highest BCUT2D eigenvalue weighted by Crippen LogP contribution is 2.30. The van der Waals surface area contributed by atoms with Gasteiger partial charge in [0.15, 0.2) is 5.69 Å². The standard InChI is InChI=1S/C22H22N2O5/c1-4-14-29-17-12-10-15(11-13-17)19-18(21(25)27-2)20(22(26)28-3)24(23-19)16-8-6-5-7-9-16/h5-13H,4,14H2,1-3H3. The van der Waals surface area contributed by atoms with Crippen LogP contribution in [0.1, 0.15) is 34.2 Å². The molecule has 0 fully saturated rings. The molecule has 0 saturated heterocycles. The first kappa shape index (κ1) is 20.1. The summed E-state index contributed by atoms with van der Waals surface area (Å²) in [6.45, 7) is 2.64. The zero-order chi connectivity index (χ0) is 20.8. The molecule has 0 atom stereocenters. The smallest absolute Gasteiger partial charge is 0.357 e. The quantitative estimate of drug-likeness (QED) is 0.566. The van der Waals surface area contributed by atoms with Crippen molar-refractivity contribution >= 4 is 11.9 Å². The van der Waals surface area contributed by atoms with E-state index < -0.39 is 11.9 Å². The lowest BCUT2D eigenvalue weighted by Gasteiger charge is -2.07. The predicted molar refractivity (Wildman–Crippen MR) is 107 cm³/mol. The number of ether oxygens (including phenoxy) is 3. The molecule has 0 unspecified atom stereocenters. The van der Waals surface area contributed by atoms with Gasteiger partial charge in [-0.05, 0) is 42.8 Å². The summed E-state index contributed by atoms with van der Waals surface area (Å²) in [6, 6.07) is 16.2. The molecule has 7 nitrogen and oxygen atoms in total. The molecule has 29 heavy (non-hydrogen) atoms. The van der Waals surface area contributed by atoms with E-state index in [9.17, 15) is 9.59 Å². The molecule has 0 amide bonds. The first-order chi connectivity index (χ1) is 14.1. The van der Waals surface area contributed by atoms with Crippen molar-refractivity contribution in [3.63, 3.8) is 0 Å². The average Bonchev–Trinajstić information content (AvgIpc) is 3.18. The van der Waals surface area contributed by atoms with Crippen LogP contribution in [-0.4, -0.2) is 42.5 Å². The molecule has 0 N–H and O–H groups in total. The van der Waals surface area contributed by atoms with E-state index in [2.05, 4.69) is 5.10 Å². The second-order valence-electron chi connectivity index (χ2n) is 6.18. The average molecular weight is 394 g/mol. The summed E-state index contributed by atoms with van der Waals surface area (Å²) in [5, 5.41) is 4.55. The van der Waals surface area contributed by atoms with E-state index in [1.807, 2.05) is 25.1 Å². The van der Waals surface area contributed by atoms with Gasteiger partial charge in [-0.25, -0.2) is 14.3 Å². The van der Waals surface area contributed by atoms with Gasteiger partial charge in [0.2, 0.25) is 0 Å². The Hall–Kier alpha value is -3.61. The van der Waals surface area contributed by atoms with Gasteiger partial charge < -0.3 is 14.2 Å². The Kier molecular flexibility index (Phi) is 6.29. The van der Waals surface area contributed by atoms with Crippen LogP contribution in [0.5, 0.6) is 5.75 Å². The van der Waals surface area contributed by atoms with Crippen LogP contribution >= 0.6 is 0 Å². The molecule has 150 valence electrons.